The molecule has 0 aromatic carbocycles. The maximum absolute atomic E-state index is 12.4. The summed E-state index contributed by atoms with van der Waals surface area (Å²) in [5.41, 5.74) is 0. The summed E-state index contributed by atoms with van der Waals surface area (Å²) in [4.78, 5) is 24.4. The maximum Gasteiger partial charge on any atom is 0.305 e. The molecule has 6 heteroatoms. The van der Waals surface area contributed by atoms with Gasteiger partial charge in [-0.1, -0.05) is 199 Å². The Balaban J connectivity index is 3.49. The molecule has 2 atom stereocenters. The lowest BCUT2D eigenvalue weighted by Crippen LogP contribution is -2.45. The predicted molar refractivity (Wildman–Crippen MR) is 227 cm³/mol. The van der Waals surface area contributed by atoms with E-state index in [4.69, 9.17) is 4.74 Å². The Kier molecular flexibility index (Phi) is 42.2. The van der Waals surface area contributed by atoms with Crippen LogP contribution in [0.1, 0.15) is 251 Å². The Hall–Kier alpha value is -1.40. The van der Waals surface area contributed by atoms with Gasteiger partial charge in [0.15, 0.2) is 0 Å². The number of hydrogen-bond donors (Lipinski definition) is 3. The summed E-state index contributed by atoms with van der Waals surface area (Å²) in [6.07, 6.45) is 47.5. The van der Waals surface area contributed by atoms with E-state index >= 15 is 0 Å². The molecule has 0 aliphatic carbocycles. The molecule has 53 heavy (non-hydrogen) atoms. The normalized spacial score (nSPS) is 12.8. The van der Waals surface area contributed by atoms with E-state index in [1.807, 2.05) is 0 Å². The van der Waals surface area contributed by atoms with Crippen LogP contribution >= 0.6 is 0 Å². The van der Waals surface area contributed by atoms with E-state index < -0.39 is 12.1 Å². The quantitative estimate of drug-likeness (QED) is 0.0328. The van der Waals surface area contributed by atoms with Gasteiger partial charge in [-0.25, -0.2) is 0 Å². The number of esters is 1. The van der Waals surface area contributed by atoms with Gasteiger partial charge in [0.2, 0.25) is 5.91 Å². The minimum Gasteiger partial charge on any atom is -0.466 e. The van der Waals surface area contributed by atoms with Crippen molar-refractivity contribution in [3.63, 3.8) is 0 Å². The van der Waals surface area contributed by atoms with Crippen molar-refractivity contribution in [2.24, 2.45) is 0 Å². The summed E-state index contributed by atoms with van der Waals surface area (Å²) < 4.78 is 5.43. The second-order valence-corrected chi connectivity index (χ2v) is 16.1. The molecule has 6 nitrogen and oxygen atoms in total. The molecule has 0 spiro atoms. The lowest BCUT2D eigenvalue weighted by atomic mass is 10.0. The number of nitrogens with one attached hydrogen (secondary N) is 1. The largest absolute Gasteiger partial charge is 0.466 e. The van der Waals surface area contributed by atoms with Crippen LogP contribution in [0, 0.1) is 0 Å². The summed E-state index contributed by atoms with van der Waals surface area (Å²) in [7, 11) is 0. The Labute approximate surface area is 329 Å². The molecule has 1 amide bonds. The number of allylic oxidation sites excluding steroid dienone is 2. The Morgan fingerprint density at radius 2 is 0.887 bits per heavy atom. The zero-order valence-electron chi connectivity index (χ0n) is 35.5. The van der Waals surface area contributed by atoms with Crippen molar-refractivity contribution >= 4 is 11.9 Å². The summed E-state index contributed by atoms with van der Waals surface area (Å²) in [5, 5.41) is 23.0. The fourth-order valence-corrected chi connectivity index (χ4v) is 7.16. The zero-order chi connectivity index (χ0) is 38.7. The monoisotopic (exact) mass is 750 g/mol. The predicted octanol–water partition coefficient (Wildman–Crippen LogP) is 13.4. The van der Waals surface area contributed by atoms with Gasteiger partial charge in [0.05, 0.1) is 25.4 Å². The van der Waals surface area contributed by atoms with Gasteiger partial charge in [0.25, 0.3) is 0 Å². The number of unbranched alkanes of at least 4 members (excludes halogenated alkanes) is 30. The van der Waals surface area contributed by atoms with Gasteiger partial charge in [-0.15, -0.1) is 0 Å². The summed E-state index contributed by atoms with van der Waals surface area (Å²) >= 11 is 0. The van der Waals surface area contributed by atoms with Gasteiger partial charge in [-0.05, 0) is 51.4 Å². The molecule has 0 bridgehead atoms. The fraction of sp³-hybridized carbons (Fsp3) is 0.915. The Morgan fingerprint density at radius 3 is 1.34 bits per heavy atom. The van der Waals surface area contributed by atoms with Crippen LogP contribution in [-0.2, 0) is 14.3 Å². The first-order valence-electron chi connectivity index (χ1n) is 23.4. The standard InChI is InChI=1S/C47H91NO5/c1-3-5-7-9-11-13-15-16-17-18-21-25-29-33-37-41-47(52)53-42-38-34-30-26-22-19-20-24-28-32-36-40-46(51)48-44(43-49)45(50)39-35-31-27-23-14-12-10-8-6-4-2/h22,26,44-45,49-50H,3-21,23-25,27-43H2,1-2H3,(H,48,51)/b26-22-. The average Bonchev–Trinajstić information content (AvgIpc) is 3.16. The van der Waals surface area contributed by atoms with Crippen LogP contribution in [0.15, 0.2) is 12.2 Å². The second kappa shape index (κ2) is 43.3. The van der Waals surface area contributed by atoms with Gasteiger partial charge in [-0.2, -0.15) is 0 Å². The van der Waals surface area contributed by atoms with Gasteiger partial charge in [-0.3, -0.25) is 9.59 Å². The van der Waals surface area contributed by atoms with Gasteiger partial charge >= 0.3 is 5.97 Å². The third-order valence-corrected chi connectivity index (χ3v) is 10.8. The van der Waals surface area contributed by atoms with E-state index in [0.717, 1.165) is 83.5 Å². The van der Waals surface area contributed by atoms with Crippen LogP contribution in [0.5, 0.6) is 0 Å². The number of aliphatic hydroxyl groups is 2. The molecular weight excluding hydrogens is 659 g/mol. The Bertz CT molecular complexity index is 787. The molecule has 0 radical (unpaired) electrons. The molecule has 0 aliphatic heterocycles. The first-order valence-corrected chi connectivity index (χ1v) is 23.4. The minimum atomic E-state index is -0.679. The summed E-state index contributed by atoms with van der Waals surface area (Å²) in [6.45, 7) is 4.86. The van der Waals surface area contributed by atoms with Crippen molar-refractivity contribution in [3.05, 3.63) is 12.2 Å². The molecule has 0 aromatic heterocycles. The van der Waals surface area contributed by atoms with Crippen molar-refractivity contribution < 1.29 is 24.5 Å². The van der Waals surface area contributed by atoms with Crippen molar-refractivity contribution in [2.45, 2.75) is 264 Å². The number of amides is 1. The van der Waals surface area contributed by atoms with Gasteiger partial charge in [0, 0.05) is 12.8 Å². The number of carbonyl (C=O) groups excluding carboxylic acids is 2. The molecule has 0 saturated heterocycles. The molecule has 0 saturated carbocycles. The van der Waals surface area contributed by atoms with Crippen LogP contribution in [0.4, 0.5) is 0 Å². The number of carbonyl (C=O) groups is 2. The highest BCUT2D eigenvalue weighted by atomic mass is 16.5. The molecule has 0 aliphatic rings. The van der Waals surface area contributed by atoms with E-state index in [2.05, 4.69) is 31.3 Å². The van der Waals surface area contributed by atoms with E-state index in [1.54, 1.807) is 0 Å². The maximum atomic E-state index is 12.4. The average molecular weight is 750 g/mol. The van der Waals surface area contributed by atoms with Gasteiger partial charge < -0.3 is 20.3 Å². The summed E-state index contributed by atoms with van der Waals surface area (Å²) in [5.74, 6) is -0.0945. The number of ether oxygens (including phenoxy) is 1. The van der Waals surface area contributed by atoms with Crippen LogP contribution in [0.3, 0.4) is 0 Å². The number of hydrogen-bond acceptors (Lipinski definition) is 5. The zero-order valence-corrected chi connectivity index (χ0v) is 35.5. The van der Waals surface area contributed by atoms with E-state index in [9.17, 15) is 19.8 Å². The van der Waals surface area contributed by atoms with E-state index in [0.29, 0.717) is 25.9 Å². The third-order valence-electron chi connectivity index (χ3n) is 10.8. The smallest absolute Gasteiger partial charge is 0.305 e. The van der Waals surface area contributed by atoms with Crippen LogP contribution in [-0.4, -0.2) is 47.4 Å². The highest BCUT2D eigenvalue weighted by Crippen LogP contribution is 2.16. The highest BCUT2D eigenvalue weighted by molar-refractivity contribution is 5.76. The first kappa shape index (κ1) is 51.6. The molecule has 0 rings (SSSR count). The van der Waals surface area contributed by atoms with Crippen LogP contribution < -0.4 is 5.32 Å². The molecule has 314 valence electrons. The minimum absolute atomic E-state index is 0.0289. The topological polar surface area (TPSA) is 95.9 Å². The van der Waals surface area contributed by atoms with Crippen molar-refractivity contribution in [3.8, 4) is 0 Å². The lowest BCUT2D eigenvalue weighted by molar-refractivity contribution is -0.143. The fourth-order valence-electron chi connectivity index (χ4n) is 7.16. The molecule has 2 unspecified atom stereocenters. The number of aliphatic hydroxyl groups excluding tert-OH is 2. The highest BCUT2D eigenvalue weighted by Gasteiger charge is 2.20. The van der Waals surface area contributed by atoms with Crippen LogP contribution in [0.25, 0.3) is 0 Å². The molecule has 3 N–H and O–H groups in total. The lowest BCUT2D eigenvalue weighted by Gasteiger charge is -2.22. The first-order chi connectivity index (χ1) is 26.0. The van der Waals surface area contributed by atoms with Gasteiger partial charge in [0.1, 0.15) is 0 Å². The molecular formula is C47H91NO5. The molecule has 0 heterocycles. The van der Waals surface area contributed by atoms with E-state index in [-0.39, 0.29) is 18.5 Å². The van der Waals surface area contributed by atoms with E-state index in [1.165, 1.54) is 135 Å². The SMILES string of the molecule is CCCCCCCCCCCCCCCCCC(=O)OCCCC/C=C\CCCCCCCC(=O)NC(CO)C(O)CCCCCCCCCCCC. The van der Waals surface area contributed by atoms with Crippen molar-refractivity contribution in [1.82, 2.24) is 5.32 Å². The van der Waals surface area contributed by atoms with Crippen molar-refractivity contribution in [2.75, 3.05) is 13.2 Å². The third kappa shape index (κ3) is 40.1. The number of rotatable bonds is 43. The second-order valence-electron chi connectivity index (χ2n) is 16.1. The molecule has 0 aromatic rings. The van der Waals surface area contributed by atoms with Crippen molar-refractivity contribution in [1.29, 1.82) is 0 Å². The Morgan fingerprint density at radius 1 is 0.509 bits per heavy atom. The summed E-state index contributed by atoms with van der Waals surface area (Å²) in [6, 6.07) is -0.559. The van der Waals surface area contributed by atoms with Crippen LogP contribution in [0.2, 0.25) is 0 Å². The molecule has 0 fully saturated rings.